The van der Waals surface area contributed by atoms with Crippen LogP contribution in [0.3, 0.4) is 0 Å². The van der Waals surface area contributed by atoms with E-state index in [2.05, 4.69) is 36.6 Å². The number of rotatable bonds is 3. The number of hydrogen-bond donors (Lipinski definition) is 2. The molecule has 7 nitrogen and oxygen atoms in total. The molecule has 1 aliphatic heterocycles. The van der Waals surface area contributed by atoms with Crippen molar-refractivity contribution in [3.8, 4) is 10.7 Å². The minimum absolute atomic E-state index is 0.154. The van der Waals surface area contributed by atoms with Gasteiger partial charge in [0.25, 0.3) is 0 Å². The average Bonchev–Trinajstić information content (AvgIpc) is 3.07. The normalized spacial score (nSPS) is 23.2. The molecule has 0 aliphatic carbocycles. The predicted molar refractivity (Wildman–Crippen MR) is 78.6 cm³/mol. The van der Waals surface area contributed by atoms with E-state index >= 15 is 0 Å². The summed E-state index contributed by atoms with van der Waals surface area (Å²) in [4.78, 5) is 7.74. The molecule has 0 bridgehead atoms. The van der Waals surface area contributed by atoms with Crippen LogP contribution in [0.15, 0.2) is 0 Å². The molecule has 0 radical (unpaired) electrons. The smallest absolute Gasteiger partial charge is 0.245 e. The number of hydrogen-bond acceptors (Lipinski definition) is 7. The Morgan fingerprint density at radius 1 is 1.50 bits per heavy atom. The van der Waals surface area contributed by atoms with Gasteiger partial charge in [-0.1, -0.05) is 11.4 Å². The third kappa shape index (κ3) is 2.40. The van der Waals surface area contributed by atoms with Gasteiger partial charge < -0.3 is 10.6 Å². The molecular formula is C12H19N7S. The van der Waals surface area contributed by atoms with Gasteiger partial charge in [-0.15, -0.1) is 10.2 Å². The van der Waals surface area contributed by atoms with Crippen molar-refractivity contribution in [3.05, 3.63) is 5.69 Å². The molecule has 108 valence electrons. The van der Waals surface area contributed by atoms with E-state index in [0.717, 1.165) is 48.3 Å². The topological polar surface area (TPSA) is 96.6 Å². The lowest BCUT2D eigenvalue weighted by molar-refractivity contribution is 0.270. The lowest BCUT2D eigenvalue weighted by atomic mass is 9.82. The van der Waals surface area contributed by atoms with Gasteiger partial charge in [-0.25, -0.2) is 0 Å². The Balaban J connectivity index is 1.82. The highest BCUT2D eigenvalue weighted by atomic mass is 32.1. The number of aryl methyl sites for hydroxylation is 1. The minimum Gasteiger partial charge on any atom is -0.339 e. The molecule has 1 atom stereocenters. The van der Waals surface area contributed by atoms with Crippen molar-refractivity contribution < 1.29 is 0 Å². The SMILES string of the molecule is Cc1nnsc1-c1nc(N2CCCC(C)(CN)C2)n[nH]1. The fraction of sp³-hybridized carbons (Fsp3) is 0.667. The van der Waals surface area contributed by atoms with Crippen molar-refractivity contribution in [2.45, 2.75) is 26.7 Å². The minimum atomic E-state index is 0.154. The lowest BCUT2D eigenvalue weighted by Crippen LogP contribution is -2.46. The highest BCUT2D eigenvalue weighted by molar-refractivity contribution is 7.09. The number of nitrogens with one attached hydrogen (secondary N) is 1. The summed E-state index contributed by atoms with van der Waals surface area (Å²) in [5.74, 6) is 1.49. The molecule has 0 amide bonds. The molecule has 1 fully saturated rings. The first-order valence-electron chi connectivity index (χ1n) is 6.78. The van der Waals surface area contributed by atoms with Crippen LogP contribution >= 0.6 is 11.5 Å². The summed E-state index contributed by atoms with van der Waals surface area (Å²) >= 11 is 1.33. The maximum atomic E-state index is 5.89. The molecular weight excluding hydrogens is 274 g/mol. The van der Waals surface area contributed by atoms with Gasteiger partial charge >= 0.3 is 0 Å². The summed E-state index contributed by atoms with van der Waals surface area (Å²) < 4.78 is 3.93. The molecule has 3 rings (SSSR count). The standard InChI is InChI=1S/C12H19N7S/c1-8-9(20-18-15-8)10-14-11(17-16-10)19-5-3-4-12(2,6-13)7-19/h3-7,13H2,1-2H3,(H,14,16,17). The van der Waals surface area contributed by atoms with E-state index in [1.807, 2.05) is 6.92 Å². The van der Waals surface area contributed by atoms with Crippen LogP contribution in [-0.2, 0) is 0 Å². The summed E-state index contributed by atoms with van der Waals surface area (Å²) in [5.41, 5.74) is 6.92. The largest absolute Gasteiger partial charge is 0.339 e. The second-order valence-electron chi connectivity index (χ2n) is 5.71. The monoisotopic (exact) mass is 293 g/mol. The molecule has 3 N–H and O–H groups in total. The van der Waals surface area contributed by atoms with Crippen molar-refractivity contribution in [1.82, 2.24) is 24.8 Å². The fourth-order valence-corrected chi connectivity index (χ4v) is 3.19. The third-order valence-electron chi connectivity index (χ3n) is 3.90. The van der Waals surface area contributed by atoms with Crippen molar-refractivity contribution in [2.75, 3.05) is 24.5 Å². The van der Waals surface area contributed by atoms with E-state index in [-0.39, 0.29) is 5.41 Å². The van der Waals surface area contributed by atoms with Crippen LogP contribution in [0.4, 0.5) is 5.95 Å². The molecule has 0 spiro atoms. The quantitative estimate of drug-likeness (QED) is 0.882. The molecule has 20 heavy (non-hydrogen) atoms. The van der Waals surface area contributed by atoms with Gasteiger partial charge in [0.15, 0.2) is 5.82 Å². The number of piperidine rings is 1. The summed E-state index contributed by atoms with van der Waals surface area (Å²) in [6.45, 7) is 6.73. The van der Waals surface area contributed by atoms with Crippen molar-refractivity contribution >= 4 is 17.5 Å². The number of nitrogens with two attached hydrogens (primary N) is 1. The summed E-state index contributed by atoms with van der Waals surface area (Å²) in [7, 11) is 0. The predicted octanol–water partition coefficient (Wildman–Crippen LogP) is 1.20. The molecule has 2 aromatic heterocycles. The molecule has 8 heteroatoms. The first kappa shape index (κ1) is 13.4. The Labute approximate surface area is 121 Å². The van der Waals surface area contributed by atoms with Gasteiger partial charge in [0.1, 0.15) is 4.88 Å². The number of aromatic nitrogens is 5. The molecule has 2 aromatic rings. The molecule has 0 aromatic carbocycles. The number of H-pyrrole nitrogens is 1. The number of nitrogens with zero attached hydrogens (tertiary/aromatic N) is 5. The molecule has 0 saturated carbocycles. The molecule has 1 aliphatic rings. The maximum absolute atomic E-state index is 5.89. The van der Waals surface area contributed by atoms with E-state index in [4.69, 9.17) is 5.73 Å². The highest BCUT2D eigenvalue weighted by Crippen LogP contribution is 2.31. The van der Waals surface area contributed by atoms with E-state index in [0.29, 0.717) is 6.54 Å². The third-order valence-corrected chi connectivity index (χ3v) is 4.73. The van der Waals surface area contributed by atoms with Crippen molar-refractivity contribution in [3.63, 3.8) is 0 Å². The van der Waals surface area contributed by atoms with Gasteiger partial charge in [-0.3, -0.25) is 5.10 Å². The first-order chi connectivity index (χ1) is 9.61. The zero-order valence-corrected chi connectivity index (χ0v) is 12.6. The molecule has 1 unspecified atom stereocenters. The highest BCUT2D eigenvalue weighted by Gasteiger charge is 2.31. The second-order valence-corrected chi connectivity index (χ2v) is 6.47. The van der Waals surface area contributed by atoms with Gasteiger partial charge in [-0.05, 0) is 43.3 Å². The molecule has 1 saturated heterocycles. The molecule has 3 heterocycles. The van der Waals surface area contributed by atoms with E-state index < -0.39 is 0 Å². The van der Waals surface area contributed by atoms with E-state index in [9.17, 15) is 0 Å². The van der Waals surface area contributed by atoms with Crippen LogP contribution in [0.2, 0.25) is 0 Å². The Kier molecular flexibility index (Phi) is 3.43. The van der Waals surface area contributed by atoms with Crippen LogP contribution in [-0.4, -0.2) is 44.4 Å². The van der Waals surface area contributed by atoms with Gasteiger partial charge in [0, 0.05) is 13.1 Å². The summed E-state index contributed by atoms with van der Waals surface area (Å²) in [6.07, 6.45) is 2.29. The number of anilines is 1. The zero-order chi connectivity index (χ0) is 14.2. The Morgan fingerprint density at radius 2 is 2.35 bits per heavy atom. The van der Waals surface area contributed by atoms with Gasteiger partial charge in [0.05, 0.1) is 5.69 Å². The average molecular weight is 293 g/mol. The van der Waals surface area contributed by atoms with Crippen LogP contribution < -0.4 is 10.6 Å². The van der Waals surface area contributed by atoms with Gasteiger partial charge in [-0.2, -0.15) is 4.98 Å². The second kappa shape index (κ2) is 5.10. The zero-order valence-electron chi connectivity index (χ0n) is 11.8. The number of aromatic amines is 1. The summed E-state index contributed by atoms with van der Waals surface area (Å²) in [5, 5.41) is 11.3. The van der Waals surface area contributed by atoms with Crippen LogP contribution in [0.5, 0.6) is 0 Å². The van der Waals surface area contributed by atoms with E-state index in [1.165, 1.54) is 11.5 Å². The Morgan fingerprint density at radius 3 is 3.05 bits per heavy atom. The first-order valence-corrected chi connectivity index (χ1v) is 7.55. The van der Waals surface area contributed by atoms with Crippen molar-refractivity contribution in [2.24, 2.45) is 11.1 Å². The Hall–Kier alpha value is -1.54. The Bertz CT molecular complexity index is 592. The van der Waals surface area contributed by atoms with Crippen molar-refractivity contribution in [1.29, 1.82) is 0 Å². The van der Waals surface area contributed by atoms with Crippen LogP contribution in [0.25, 0.3) is 10.7 Å². The van der Waals surface area contributed by atoms with Crippen LogP contribution in [0, 0.1) is 12.3 Å². The lowest BCUT2D eigenvalue weighted by Gasteiger charge is -2.39. The van der Waals surface area contributed by atoms with Gasteiger partial charge in [0.2, 0.25) is 5.95 Å². The maximum Gasteiger partial charge on any atom is 0.245 e. The van der Waals surface area contributed by atoms with E-state index in [1.54, 1.807) is 0 Å². The summed E-state index contributed by atoms with van der Waals surface area (Å²) in [6, 6.07) is 0. The fourth-order valence-electron chi connectivity index (χ4n) is 2.60. The van der Waals surface area contributed by atoms with Crippen LogP contribution in [0.1, 0.15) is 25.5 Å².